The molecule has 1 nitrogen and oxygen atoms in total. The van der Waals surface area contributed by atoms with E-state index in [9.17, 15) is 17.6 Å². The van der Waals surface area contributed by atoms with Crippen LogP contribution in [0.5, 0.6) is 0 Å². The van der Waals surface area contributed by atoms with E-state index in [-0.39, 0.29) is 0 Å². The third kappa shape index (κ3) is 12.0. The van der Waals surface area contributed by atoms with Crippen LogP contribution in [0.1, 0.15) is 128 Å². The van der Waals surface area contributed by atoms with Crippen molar-refractivity contribution in [2.75, 3.05) is 13.2 Å². The molecule has 0 spiro atoms. The highest BCUT2D eigenvalue weighted by atomic mass is 19.2. The summed E-state index contributed by atoms with van der Waals surface area (Å²) in [6.07, 6.45) is 24.7. The number of halogens is 4. The van der Waals surface area contributed by atoms with Gasteiger partial charge in [-0.2, -0.15) is 0 Å². The molecule has 5 heteroatoms. The highest BCUT2D eigenvalue weighted by Crippen LogP contribution is 2.41. The number of ether oxygens (including phenoxy) is 1. The van der Waals surface area contributed by atoms with Crippen LogP contribution >= 0.6 is 0 Å². The Labute approximate surface area is 339 Å². The van der Waals surface area contributed by atoms with Gasteiger partial charge in [0.2, 0.25) is 0 Å². The quantitative estimate of drug-likeness (QED) is 0.0722. The number of benzene rings is 4. The fourth-order valence-corrected chi connectivity index (χ4v) is 9.36. The van der Waals surface area contributed by atoms with Gasteiger partial charge in [0, 0.05) is 0 Å². The Balaban J connectivity index is 1.18. The smallest absolute Gasteiger partial charge is 0.159 e. The Hall–Kier alpha value is -3.96. The lowest BCUT2D eigenvalue weighted by Crippen LogP contribution is -2.17. The molecule has 0 aliphatic heterocycles. The number of unbranched alkanes of at least 4 members (excludes halogenated alkanes) is 4. The molecule has 57 heavy (non-hydrogen) atoms. The van der Waals surface area contributed by atoms with E-state index in [0.29, 0.717) is 36.2 Å². The van der Waals surface area contributed by atoms with Crippen molar-refractivity contribution >= 4 is 11.1 Å². The standard InChI is InChI=1S/C52H62F4O/c1-3-5-7-9-37-11-15-41(16-12-37)47(43-23-19-39(20-24-43)45-27-29-49(53)51(55)35-45)31-33-57-34-32-48(42-17-13-38(14-18-42)10-8-6-4-2)44-25-21-40(22-26-44)46-28-30-50(54)52(56)36-46/h19-32,35-38,41-42H,3-18,33-34H2,1-2H3. The number of hydrogen-bond acceptors (Lipinski definition) is 1. The van der Waals surface area contributed by atoms with E-state index < -0.39 is 23.3 Å². The minimum Gasteiger partial charge on any atom is -0.373 e. The first-order chi connectivity index (χ1) is 27.8. The summed E-state index contributed by atoms with van der Waals surface area (Å²) in [5, 5.41) is 0. The lowest BCUT2D eigenvalue weighted by Gasteiger charge is -2.31. The van der Waals surface area contributed by atoms with Crippen molar-refractivity contribution in [3.63, 3.8) is 0 Å². The van der Waals surface area contributed by atoms with Gasteiger partial charge in [-0.3, -0.25) is 0 Å². The SMILES string of the molecule is CCCCCC1CCC(C(=CCOCC=C(c2ccc(-c3ccc(F)c(F)c3)cc2)C2CCC(CCCCC)CC2)c2ccc(-c3ccc(F)c(F)c3)cc2)CC1. The predicted octanol–water partition coefficient (Wildman–Crippen LogP) is 15.8. The van der Waals surface area contributed by atoms with E-state index in [0.717, 1.165) is 34.1 Å². The summed E-state index contributed by atoms with van der Waals surface area (Å²) >= 11 is 0. The van der Waals surface area contributed by atoms with Gasteiger partial charge in [-0.1, -0.05) is 138 Å². The summed E-state index contributed by atoms with van der Waals surface area (Å²) < 4.78 is 61.8. The van der Waals surface area contributed by atoms with Crippen LogP contribution in [0.2, 0.25) is 0 Å². The van der Waals surface area contributed by atoms with Crippen LogP contribution in [-0.4, -0.2) is 13.2 Å². The topological polar surface area (TPSA) is 9.23 Å². The molecule has 0 amide bonds. The second-order valence-corrected chi connectivity index (χ2v) is 16.7. The summed E-state index contributed by atoms with van der Waals surface area (Å²) in [6.45, 7) is 5.53. The van der Waals surface area contributed by atoms with Crippen LogP contribution in [0.4, 0.5) is 17.6 Å². The first-order valence-electron chi connectivity index (χ1n) is 21.9. The summed E-state index contributed by atoms with van der Waals surface area (Å²) in [4.78, 5) is 0. The molecule has 304 valence electrons. The summed E-state index contributed by atoms with van der Waals surface area (Å²) in [7, 11) is 0. The number of hydrogen-bond donors (Lipinski definition) is 0. The van der Waals surface area contributed by atoms with Gasteiger partial charge >= 0.3 is 0 Å². The molecule has 0 saturated heterocycles. The van der Waals surface area contributed by atoms with Gasteiger partial charge in [-0.05, 0) is 144 Å². The molecule has 0 bridgehead atoms. The maximum Gasteiger partial charge on any atom is 0.159 e. The van der Waals surface area contributed by atoms with E-state index in [1.165, 1.54) is 138 Å². The van der Waals surface area contributed by atoms with E-state index in [4.69, 9.17) is 4.74 Å². The second-order valence-electron chi connectivity index (χ2n) is 16.7. The van der Waals surface area contributed by atoms with Crippen LogP contribution in [0.3, 0.4) is 0 Å². The lowest BCUT2D eigenvalue weighted by atomic mass is 9.75. The molecular weight excluding hydrogens is 717 g/mol. The van der Waals surface area contributed by atoms with Crippen LogP contribution in [-0.2, 0) is 4.74 Å². The molecule has 0 atom stereocenters. The molecule has 4 aromatic carbocycles. The Bertz CT molecular complexity index is 1750. The van der Waals surface area contributed by atoms with Gasteiger partial charge in [0.15, 0.2) is 23.3 Å². The highest BCUT2D eigenvalue weighted by Gasteiger charge is 2.26. The Morgan fingerprint density at radius 1 is 0.474 bits per heavy atom. The first kappa shape index (κ1) is 42.6. The molecule has 0 unspecified atom stereocenters. The summed E-state index contributed by atoms with van der Waals surface area (Å²) in [5.41, 5.74) is 7.99. The van der Waals surface area contributed by atoms with Gasteiger partial charge in [-0.15, -0.1) is 0 Å². The van der Waals surface area contributed by atoms with E-state index >= 15 is 0 Å². The number of allylic oxidation sites excluding steroid dienone is 2. The number of rotatable bonds is 18. The summed E-state index contributed by atoms with van der Waals surface area (Å²) in [5.74, 6) is -0.823. The van der Waals surface area contributed by atoms with Gasteiger partial charge < -0.3 is 4.74 Å². The largest absolute Gasteiger partial charge is 0.373 e. The normalized spacial score (nSPS) is 20.5. The van der Waals surface area contributed by atoms with Crippen LogP contribution in [0.25, 0.3) is 33.4 Å². The molecule has 6 rings (SSSR count). The van der Waals surface area contributed by atoms with Crippen molar-refractivity contribution in [1.82, 2.24) is 0 Å². The zero-order valence-electron chi connectivity index (χ0n) is 34.2. The Morgan fingerprint density at radius 3 is 1.19 bits per heavy atom. The Kier molecular flexibility index (Phi) is 16.2. The van der Waals surface area contributed by atoms with Gasteiger partial charge in [0.25, 0.3) is 0 Å². The third-order valence-electron chi connectivity index (χ3n) is 12.8. The van der Waals surface area contributed by atoms with E-state index in [1.807, 2.05) is 24.3 Å². The predicted molar refractivity (Wildman–Crippen MR) is 230 cm³/mol. The zero-order chi connectivity index (χ0) is 40.0. The van der Waals surface area contributed by atoms with E-state index in [1.54, 1.807) is 12.1 Å². The average molecular weight is 779 g/mol. The molecule has 0 radical (unpaired) electrons. The molecule has 2 aliphatic carbocycles. The zero-order valence-corrected chi connectivity index (χ0v) is 34.2. The minimum absolute atomic E-state index is 0.455. The molecule has 2 fully saturated rings. The monoisotopic (exact) mass is 778 g/mol. The van der Waals surface area contributed by atoms with Crippen molar-refractivity contribution in [2.45, 2.75) is 117 Å². The molecule has 4 aromatic rings. The van der Waals surface area contributed by atoms with Gasteiger partial charge in [-0.25, -0.2) is 17.6 Å². The van der Waals surface area contributed by atoms with Crippen molar-refractivity contribution in [3.8, 4) is 22.3 Å². The molecule has 0 aromatic heterocycles. The molecular formula is C52H62F4O. The molecule has 2 aliphatic rings. The van der Waals surface area contributed by atoms with E-state index in [2.05, 4.69) is 50.3 Å². The average Bonchev–Trinajstić information content (AvgIpc) is 3.24. The minimum atomic E-state index is -0.837. The second kappa shape index (κ2) is 21.7. The highest BCUT2D eigenvalue weighted by molar-refractivity contribution is 5.73. The van der Waals surface area contributed by atoms with Crippen molar-refractivity contribution in [3.05, 3.63) is 131 Å². The van der Waals surface area contributed by atoms with Gasteiger partial charge in [0.05, 0.1) is 13.2 Å². The summed E-state index contributed by atoms with van der Waals surface area (Å²) in [6, 6.07) is 24.7. The van der Waals surface area contributed by atoms with Crippen molar-refractivity contribution in [1.29, 1.82) is 0 Å². The fraction of sp³-hybridized carbons (Fsp3) is 0.462. The third-order valence-corrected chi connectivity index (χ3v) is 12.8. The van der Waals surface area contributed by atoms with Gasteiger partial charge in [0.1, 0.15) is 0 Å². The fourth-order valence-electron chi connectivity index (χ4n) is 9.36. The van der Waals surface area contributed by atoms with Crippen LogP contribution in [0, 0.1) is 46.9 Å². The molecule has 0 N–H and O–H groups in total. The van der Waals surface area contributed by atoms with Crippen LogP contribution < -0.4 is 0 Å². The maximum absolute atomic E-state index is 14.0. The Morgan fingerprint density at radius 2 is 0.842 bits per heavy atom. The molecule has 0 heterocycles. The lowest BCUT2D eigenvalue weighted by molar-refractivity contribution is 0.193. The van der Waals surface area contributed by atoms with Crippen molar-refractivity contribution < 1.29 is 22.3 Å². The maximum atomic E-state index is 14.0. The first-order valence-corrected chi connectivity index (χ1v) is 21.9. The van der Waals surface area contributed by atoms with Crippen molar-refractivity contribution in [2.24, 2.45) is 23.7 Å². The molecule has 2 saturated carbocycles. The van der Waals surface area contributed by atoms with Crippen LogP contribution in [0.15, 0.2) is 97.1 Å².